The zero-order valence-corrected chi connectivity index (χ0v) is 21.4. The Balaban J connectivity index is 1.57. The third-order valence-corrected chi connectivity index (χ3v) is 7.97. The first-order valence-corrected chi connectivity index (χ1v) is 12.5. The van der Waals surface area contributed by atoms with Gasteiger partial charge in [0.15, 0.2) is 0 Å². The number of hydrogen-bond acceptors (Lipinski definition) is 3. The lowest BCUT2D eigenvalue weighted by Gasteiger charge is -2.22. The molecule has 3 aromatic carbocycles. The molecule has 1 aliphatic carbocycles. The second kappa shape index (κ2) is 9.07. The highest BCUT2D eigenvalue weighted by Gasteiger charge is 2.69. The molecule has 1 heterocycles. The fourth-order valence-corrected chi connectivity index (χ4v) is 6.21. The molecule has 5 rings (SSSR count). The van der Waals surface area contributed by atoms with Gasteiger partial charge in [0.2, 0.25) is 5.91 Å². The molecule has 0 N–H and O–H groups in total. The first-order valence-electron chi connectivity index (χ1n) is 11.8. The van der Waals surface area contributed by atoms with Crippen LogP contribution in [0.5, 0.6) is 0 Å². The molecule has 0 bridgehead atoms. The first kappa shape index (κ1) is 25.6. The highest BCUT2D eigenvalue weighted by atomic mass is 35.5. The second-order valence-electron chi connectivity index (χ2n) is 9.30. The van der Waals surface area contributed by atoms with Gasteiger partial charge in [-0.15, -0.1) is 0 Å². The summed E-state index contributed by atoms with van der Waals surface area (Å²) in [5.41, 5.74) is 1.15. The number of amides is 1. The van der Waals surface area contributed by atoms with E-state index in [0.29, 0.717) is 38.1 Å². The molecule has 3 unspecified atom stereocenters. The average Bonchev–Trinajstić information content (AvgIpc) is 3.34. The SMILES string of the molecule is CCOC(=O)C1(c2ccc3c(c2)CC(=O)N3c2c(Cl)cccc2Cl)C(C)C1c1ccc(C(F)(F)F)cc1. The Morgan fingerprint density at radius 2 is 1.73 bits per heavy atom. The van der Waals surface area contributed by atoms with Gasteiger partial charge in [-0.1, -0.05) is 60.5 Å². The van der Waals surface area contributed by atoms with E-state index in [0.717, 1.165) is 12.1 Å². The van der Waals surface area contributed by atoms with Crippen molar-refractivity contribution in [3.8, 4) is 0 Å². The fraction of sp³-hybridized carbons (Fsp3) is 0.286. The highest BCUT2D eigenvalue weighted by molar-refractivity contribution is 6.40. The van der Waals surface area contributed by atoms with Crippen molar-refractivity contribution in [2.75, 3.05) is 11.5 Å². The van der Waals surface area contributed by atoms with E-state index < -0.39 is 23.1 Å². The Bertz CT molecular complexity index is 1390. The molecule has 1 amide bonds. The number of benzene rings is 3. The number of rotatable bonds is 5. The lowest BCUT2D eigenvalue weighted by Crippen LogP contribution is -2.27. The van der Waals surface area contributed by atoms with Crippen molar-refractivity contribution >= 4 is 46.5 Å². The van der Waals surface area contributed by atoms with Gasteiger partial charge in [-0.25, -0.2) is 0 Å². The van der Waals surface area contributed by atoms with Crippen LogP contribution in [0.25, 0.3) is 0 Å². The number of esters is 1. The zero-order chi connectivity index (χ0) is 26.7. The van der Waals surface area contributed by atoms with E-state index in [4.69, 9.17) is 27.9 Å². The van der Waals surface area contributed by atoms with Crippen LogP contribution in [-0.4, -0.2) is 18.5 Å². The van der Waals surface area contributed by atoms with Gasteiger partial charge in [0.25, 0.3) is 0 Å². The van der Waals surface area contributed by atoms with E-state index in [2.05, 4.69) is 0 Å². The lowest BCUT2D eigenvalue weighted by molar-refractivity contribution is -0.147. The minimum Gasteiger partial charge on any atom is -0.465 e. The van der Waals surface area contributed by atoms with Crippen molar-refractivity contribution in [1.82, 2.24) is 0 Å². The number of halogens is 5. The van der Waals surface area contributed by atoms with Crippen LogP contribution in [0, 0.1) is 5.92 Å². The molecule has 1 aliphatic heterocycles. The summed E-state index contributed by atoms with van der Waals surface area (Å²) < 4.78 is 44.8. The molecule has 1 fully saturated rings. The van der Waals surface area contributed by atoms with E-state index in [1.807, 2.05) is 13.0 Å². The molecule has 0 radical (unpaired) electrons. The summed E-state index contributed by atoms with van der Waals surface area (Å²) in [6.07, 6.45) is -4.36. The van der Waals surface area contributed by atoms with E-state index >= 15 is 0 Å². The molecule has 37 heavy (non-hydrogen) atoms. The van der Waals surface area contributed by atoms with Crippen LogP contribution in [0.15, 0.2) is 60.7 Å². The van der Waals surface area contributed by atoms with Crippen LogP contribution in [0.4, 0.5) is 24.5 Å². The van der Waals surface area contributed by atoms with Crippen molar-refractivity contribution < 1.29 is 27.5 Å². The first-order chi connectivity index (χ1) is 17.5. The van der Waals surface area contributed by atoms with Gasteiger partial charge >= 0.3 is 12.1 Å². The number of carbonyl (C=O) groups is 2. The Kier molecular flexibility index (Phi) is 6.28. The number of para-hydroxylation sites is 1. The Morgan fingerprint density at radius 3 is 2.32 bits per heavy atom. The molecule has 1 saturated carbocycles. The zero-order valence-electron chi connectivity index (χ0n) is 19.9. The molecule has 0 spiro atoms. The number of nitrogens with zero attached hydrogens (tertiary/aromatic N) is 1. The van der Waals surface area contributed by atoms with Gasteiger partial charge in [-0.05, 0) is 59.9 Å². The maximum absolute atomic E-state index is 13.4. The number of anilines is 2. The number of carbonyl (C=O) groups excluding carboxylic acids is 2. The standard InChI is InChI=1S/C28H22Cl2F3NO3/c1-3-37-26(36)27(15(2)24(27)16-7-9-18(10-8-16)28(31,32)33)19-11-12-22-17(13-19)14-23(35)34(22)25-20(29)5-4-6-21(25)30/h4-13,15,24H,3,14H2,1-2H3. The second-order valence-corrected chi connectivity index (χ2v) is 10.1. The van der Waals surface area contributed by atoms with E-state index in [1.54, 1.807) is 37.3 Å². The molecule has 4 nitrogen and oxygen atoms in total. The maximum atomic E-state index is 13.4. The fourth-order valence-electron chi connectivity index (χ4n) is 5.64. The largest absolute Gasteiger partial charge is 0.465 e. The third-order valence-electron chi connectivity index (χ3n) is 7.36. The van der Waals surface area contributed by atoms with Crippen molar-refractivity contribution in [1.29, 1.82) is 0 Å². The highest BCUT2D eigenvalue weighted by Crippen LogP contribution is 2.66. The number of fused-ring (bicyclic) bond motifs is 1. The summed E-state index contributed by atoms with van der Waals surface area (Å²) in [7, 11) is 0. The van der Waals surface area contributed by atoms with Crippen molar-refractivity contribution in [3.05, 3.63) is 93.0 Å². The predicted octanol–water partition coefficient (Wildman–Crippen LogP) is 7.47. The summed E-state index contributed by atoms with van der Waals surface area (Å²) >= 11 is 12.7. The molecule has 2 aliphatic rings. The van der Waals surface area contributed by atoms with Crippen LogP contribution < -0.4 is 4.90 Å². The van der Waals surface area contributed by atoms with Crippen LogP contribution in [0.1, 0.15) is 42.0 Å². The summed E-state index contributed by atoms with van der Waals surface area (Å²) in [5.74, 6) is -1.26. The molecular formula is C28H22Cl2F3NO3. The van der Waals surface area contributed by atoms with Crippen LogP contribution >= 0.6 is 23.2 Å². The van der Waals surface area contributed by atoms with Crippen molar-refractivity contribution in [2.45, 2.75) is 37.8 Å². The van der Waals surface area contributed by atoms with Crippen LogP contribution in [-0.2, 0) is 32.3 Å². The monoisotopic (exact) mass is 547 g/mol. The minimum atomic E-state index is -4.45. The van der Waals surface area contributed by atoms with E-state index in [-0.39, 0.29) is 30.8 Å². The summed E-state index contributed by atoms with van der Waals surface area (Å²) in [4.78, 5) is 27.9. The van der Waals surface area contributed by atoms with Gasteiger partial charge in [-0.3, -0.25) is 14.5 Å². The minimum absolute atomic E-state index is 0.0863. The molecule has 0 saturated heterocycles. The third kappa shape index (κ3) is 3.99. The number of ether oxygens (including phenoxy) is 1. The summed E-state index contributed by atoms with van der Waals surface area (Å²) in [6.45, 7) is 3.75. The van der Waals surface area contributed by atoms with Gasteiger partial charge in [0.1, 0.15) is 5.41 Å². The normalized spacial score (nSPS) is 22.7. The Morgan fingerprint density at radius 1 is 1.08 bits per heavy atom. The smallest absolute Gasteiger partial charge is 0.416 e. The Labute approximate surface area is 221 Å². The molecular weight excluding hydrogens is 526 g/mol. The predicted molar refractivity (Wildman–Crippen MR) is 135 cm³/mol. The molecule has 0 aromatic heterocycles. The van der Waals surface area contributed by atoms with Gasteiger partial charge in [-0.2, -0.15) is 13.2 Å². The van der Waals surface area contributed by atoms with E-state index in [9.17, 15) is 22.8 Å². The lowest BCUT2D eigenvalue weighted by atomic mass is 9.88. The molecule has 3 aromatic rings. The van der Waals surface area contributed by atoms with Gasteiger partial charge < -0.3 is 4.74 Å². The number of hydrogen-bond donors (Lipinski definition) is 0. The molecule has 192 valence electrons. The number of alkyl halides is 3. The van der Waals surface area contributed by atoms with Crippen molar-refractivity contribution in [2.24, 2.45) is 5.92 Å². The molecule has 9 heteroatoms. The molecule has 3 atom stereocenters. The van der Waals surface area contributed by atoms with Gasteiger partial charge in [0, 0.05) is 5.92 Å². The maximum Gasteiger partial charge on any atom is 0.416 e. The van der Waals surface area contributed by atoms with Crippen molar-refractivity contribution in [3.63, 3.8) is 0 Å². The quantitative estimate of drug-likeness (QED) is 0.311. The Hall–Kier alpha value is -3.03. The van der Waals surface area contributed by atoms with Crippen LogP contribution in [0.2, 0.25) is 10.0 Å². The summed E-state index contributed by atoms with van der Waals surface area (Å²) in [6, 6.07) is 15.2. The summed E-state index contributed by atoms with van der Waals surface area (Å²) in [5, 5.41) is 0.665. The van der Waals surface area contributed by atoms with E-state index in [1.165, 1.54) is 17.0 Å². The topological polar surface area (TPSA) is 46.6 Å². The average molecular weight is 548 g/mol. The van der Waals surface area contributed by atoms with Gasteiger partial charge in [0.05, 0.1) is 40.0 Å². The van der Waals surface area contributed by atoms with Crippen LogP contribution in [0.3, 0.4) is 0 Å².